The van der Waals surface area contributed by atoms with Crippen molar-refractivity contribution in [1.29, 1.82) is 0 Å². The molecule has 0 unspecified atom stereocenters. The second kappa shape index (κ2) is 8.31. The summed E-state index contributed by atoms with van der Waals surface area (Å²) in [5.41, 5.74) is 1.41. The van der Waals surface area contributed by atoms with Gasteiger partial charge in [0.05, 0.1) is 21.7 Å². The minimum Gasteiger partial charge on any atom is -0.485 e. The molecule has 0 aliphatic rings. The summed E-state index contributed by atoms with van der Waals surface area (Å²) in [6.45, 7) is 3.56. The second-order valence-electron chi connectivity index (χ2n) is 7.36. The molecule has 32 heavy (non-hydrogen) atoms. The van der Waals surface area contributed by atoms with Crippen LogP contribution in [0.25, 0.3) is 21.5 Å². The van der Waals surface area contributed by atoms with Gasteiger partial charge in [-0.15, -0.1) is 11.3 Å². The van der Waals surface area contributed by atoms with Crippen LogP contribution in [0, 0.1) is 6.92 Å². The molecule has 0 aliphatic carbocycles. The van der Waals surface area contributed by atoms with Gasteiger partial charge in [0.1, 0.15) is 23.4 Å². The lowest BCUT2D eigenvalue weighted by Gasteiger charge is -2.14. The molecule has 1 N–H and O–H groups in total. The molecule has 0 spiro atoms. The van der Waals surface area contributed by atoms with Crippen LogP contribution in [-0.4, -0.2) is 20.6 Å². The van der Waals surface area contributed by atoms with E-state index in [1.807, 2.05) is 32.0 Å². The number of rotatable bonds is 6. The highest BCUT2D eigenvalue weighted by atomic mass is 32.1. The Morgan fingerprint density at radius 3 is 2.56 bits per heavy atom. The van der Waals surface area contributed by atoms with E-state index in [1.54, 1.807) is 16.8 Å². The summed E-state index contributed by atoms with van der Waals surface area (Å²) in [6, 6.07) is 12.2. The molecule has 4 rings (SSSR count). The van der Waals surface area contributed by atoms with Crippen molar-refractivity contribution in [3.8, 4) is 16.3 Å². The number of ether oxygens (including phenoxy) is 1. The first-order valence-corrected chi connectivity index (χ1v) is 10.6. The third-order valence-electron chi connectivity index (χ3n) is 5.02. The maximum absolute atomic E-state index is 12.8. The highest BCUT2D eigenvalue weighted by Crippen LogP contribution is 2.36. The minimum atomic E-state index is -4.38. The average Bonchev–Trinajstić information content (AvgIpc) is 3.30. The van der Waals surface area contributed by atoms with E-state index in [0.29, 0.717) is 16.3 Å². The van der Waals surface area contributed by atoms with Crippen molar-refractivity contribution in [2.24, 2.45) is 0 Å². The molecule has 166 valence electrons. The maximum Gasteiger partial charge on any atom is 0.416 e. The molecule has 2 aromatic heterocycles. The molecule has 9 heteroatoms. The molecule has 5 nitrogen and oxygen atoms in total. The molecule has 1 atom stereocenters. The van der Waals surface area contributed by atoms with Crippen molar-refractivity contribution < 1.29 is 27.8 Å². The van der Waals surface area contributed by atoms with E-state index in [-0.39, 0.29) is 12.6 Å². The Hall–Kier alpha value is -3.33. The molecule has 0 fully saturated rings. The third-order valence-corrected chi connectivity index (χ3v) is 6.39. The first-order valence-electron chi connectivity index (χ1n) is 9.74. The summed E-state index contributed by atoms with van der Waals surface area (Å²) >= 11 is 1.37. The van der Waals surface area contributed by atoms with Gasteiger partial charge in [-0.05, 0) is 49.6 Å². The highest BCUT2D eigenvalue weighted by Gasteiger charge is 2.30. The van der Waals surface area contributed by atoms with Crippen molar-refractivity contribution in [2.45, 2.75) is 32.7 Å². The van der Waals surface area contributed by atoms with Crippen LogP contribution in [0.3, 0.4) is 0 Å². The summed E-state index contributed by atoms with van der Waals surface area (Å²) < 4.78 is 46.1. The number of alkyl halides is 3. The van der Waals surface area contributed by atoms with Gasteiger partial charge in [0.15, 0.2) is 0 Å². The monoisotopic (exact) mass is 460 g/mol. The number of nitrogens with zero attached hydrogens (tertiary/aromatic N) is 2. The van der Waals surface area contributed by atoms with Crippen molar-refractivity contribution in [3.63, 3.8) is 0 Å². The summed E-state index contributed by atoms with van der Waals surface area (Å²) in [4.78, 5) is 16.4. The number of hydrogen-bond donors (Lipinski definition) is 1. The zero-order valence-electron chi connectivity index (χ0n) is 17.2. The standard InChI is InChI=1S/C23H19F3N2O3S/c1-13-21(32-22(27-13)16-3-6-17(7-4-16)23(24,25)26)14(2)31-18-8-5-15-9-10-28(12-20(29)30)19(15)11-18/h3-11,14H,12H2,1-2H3,(H,29,30)/t14-/m0/s1. The minimum absolute atomic E-state index is 0.146. The first kappa shape index (κ1) is 21.9. The number of carbonyl (C=O) groups is 1. The van der Waals surface area contributed by atoms with Gasteiger partial charge in [-0.25, -0.2) is 4.98 Å². The number of aliphatic carboxylic acids is 1. The fourth-order valence-corrected chi connectivity index (χ4v) is 4.54. The quantitative estimate of drug-likeness (QED) is 0.366. The molecule has 0 aliphatic heterocycles. The SMILES string of the molecule is Cc1nc(-c2ccc(C(F)(F)F)cc2)sc1[C@H](C)Oc1ccc2ccn(CC(=O)O)c2c1. The number of carboxylic acid groups (broad SMARTS) is 1. The number of thiazole rings is 1. The van der Waals surface area contributed by atoms with Gasteiger partial charge in [0, 0.05) is 17.8 Å². The zero-order valence-corrected chi connectivity index (χ0v) is 18.0. The number of benzene rings is 2. The smallest absolute Gasteiger partial charge is 0.416 e. The normalized spacial score (nSPS) is 12.8. The lowest BCUT2D eigenvalue weighted by atomic mass is 10.1. The van der Waals surface area contributed by atoms with E-state index in [2.05, 4.69) is 4.98 Å². The van der Waals surface area contributed by atoms with Crippen LogP contribution in [0.2, 0.25) is 0 Å². The molecule has 0 amide bonds. The topological polar surface area (TPSA) is 64.4 Å². The van der Waals surface area contributed by atoms with Gasteiger partial charge >= 0.3 is 12.1 Å². The van der Waals surface area contributed by atoms with Gasteiger partial charge in [-0.1, -0.05) is 12.1 Å². The number of aromatic nitrogens is 2. The highest BCUT2D eigenvalue weighted by molar-refractivity contribution is 7.15. The van der Waals surface area contributed by atoms with Crippen molar-refractivity contribution in [1.82, 2.24) is 9.55 Å². The van der Waals surface area contributed by atoms with Crippen molar-refractivity contribution in [2.75, 3.05) is 0 Å². The van der Waals surface area contributed by atoms with Crippen LogP contribution in [0.1, 0.15) is 29.2 Å². The molecule has 0 bridgehead atoms. The summed E-state index contributed by atoms with van der Waals surface area (Å²) in [5, 5.41) is 10.6. The number of fused-ring (bicyclic) bond motifs is 1. The van der Waals surface area contributed by atoms with Crippen LogP contribution < -0.4 is 4.74 Å². The molecular weight excluding hydrogens is 441 g/mol. The summed E-state index contributed by atoms with van der Waals surface area (Å²) in [5.74, 6) is -0.350. The van der Waals surface area contributed by atoms with Gasteiger partial charge in [0.2, 0.25) is 0 Å². The predicted octanol–water partition coefficient (Wildman–Crippen LogP) is 6.32. The van der Waals surface area contributed by atoms with Gasteiger partial charge in [-0.3, -0.25) is 4.79 Å². The predicted molar refractivity (Wildman–Crippen MR) is 116 cm³/mol. The summed E-state index contributed by atoms with van der Waals surface area (Å²) in [7, 11) is 0. The Kier molecular flexibility index (Phi) is 5.68. The largest absolute Gasteiger partial charge is 0.485 e. The van der Waals surface area contributed by atoms with Gasteiger partial charge < -0.3 is 14.4 Å². The molecule has 2 aromatic carbocycles. The van der Waals surface area contributed by atoms with Crippen molar-refractivity contribution in [3.05, 3.63) is 70.9 Å². The van der Waals surface area contributed by atoms with E-state index < -0.39 is 17.7 Å². The Morgan fingerprint density at radius 1 is 1.19 bits per heavy atom. The molecule has 0 radical (unpaired) electrons. The number of carboxylic acids is 1. The van der Waals surface area contributed by atoms with Gasteiger partial charge in [-0.2, -0.15) is 13.2 Å². The maximum atomic E-state index is 12.8. The molecule has 0 saturated carbocycles. The Bertz CT molecular complexity index is 1280. The Labute approximate surface area is 185 Å². The lowest BCUT2D eigenvalue weighted by Crippen LogP contribution is -2.07. The van der Waals surface area contributed by atoms with Crippen LogP contribution in [0.4, 0.5) is 13.2 Å². The number of hydrogen-bond acceptors (Lipinski definition) is 4. The van der Waals surface area contributed by atoms with Gasteiger partial charge in [0.25, 0.3) is 0 Å². The van der Waals surface area contributed by atoms with Crippen LogP contribution in [-0.2, 0) is 17.5 Å². The van der Waals surface area contributed by atoms with E-state index >= 15 is 0 Å². The summed E-state index contributed by atoms with van der Waals surface area (Å²) in [6.07, 6.45) is -3.01. The molecule has 0 saturated heterocycles. The number of halogens is 3. The van der Waals surface area contributed by atoms with E-state index in [9.17, 15) is 18.0 Å². The van der Waals surface area contributed by atoms with E-state index in [1.165, 1.54) is 23.5 Å². The molecule has 2 heterocycles. The van der Waals surface area contributed by atoms with Crippen molar-refractivity contribution >= 4 is 28.2 Å². The number of aryl methyl sites for hydroxylation is 1. The lowest BCUT2D eigenvalue weighted by molar-refractivity contribution is -0.138. The fraction of sp³-hybridized carbons (Fsp3) is 0.217. The molecule has 4 aromatic rings. The third kappa shape index (κ3) is 4.47. The van der Waals surface area contributed by atoms with Crippen LogP contribution in [0.5, 0.6) is 5.75 Å². The average molecular weight is 460 g/mol. The van der Waals surface area contributed by atoms with E-state index in [0.717, 1.165) is 33.6 Å². The zero-order chi connectivity index (χ0) is 23.0. The first-order chi connectivity index (χ1) is 15.1. The second-order valence-corrected chi connectivity index (χ2v) is 8.39. The van der Waals surface area contributed by atoms with Crippen LogP contribution >= 0.6 is 11.3 Å². The van der Waals surface area contributed by atoms with E-state index in [4.69, 9.17) is 9.84 Å². The van der Waals surface area contributed by atoms with Crippen LogP contribution in [0.15, 0.2) is 54.7 Å². The Balaban J connectivity index is 1.56. The fourth-order valence-electron chi connectivity index (χ4n) is 3.49. The molecular formula is C23H19F3N2O3S. The Morgan fingerprint density at radius 2 is 1.91 bits per heavy atom.